The highest BCUT2D eigenvalue weighted by Gasteiger charge is 2.31. The molecule has 0 bridgehead atoms. The van der Waals surface area contributed by atoms with E-state index < -0.39 is 0 Å². The van der Waals surface area contributed by atoms with Gasteiger partial charge < -0.3 is 14.7 Å². The first kappa shape index (κ1) is 20.1. The largest absolute Gasteiger partial charge is 0.872 e. The van der Waals surface area contributed by atoms with E-state index in [4.69, 9.17) is 4.74 Å². The molecule has 148 valence electrons. The fourth-order valence-corrected chi connectivity index (χ4v) is 3.47. The minimum Gasteiger partial charge on any atom is -0.872 e. The molecule has 0 spiro atoms. The summed E-state index contributed by atoms with van der Waals surface area (Å²) >= 11 is 0. The molecule has 0 fully saturated rings. The van der Waals surface area contributed by atoms with Crippen molar-refractivity contribution in [3.05, 3.63) is 59.1 Å². The Labute approximate surface area is 166 Å². The van der Waals surface area contributed by atoms with Crippen LogP contribution in [0, 0.1) is 0 Å². The topological polar surface area (TPSA) is 66.7 Å². The fourth-order valence-electron chi connectivity index (χ4n) is 3.47. The van der Waals surface area contributed by atoms with Crippen LogP contribution < -0.4 is 14.7 Å². The van der Waals surface area contributed by atoms with E-state index in [1.807, 2.05) is 12.1 Å². The van der Waals surface area contributed by atoms with Crippen molar-refractivity contribution in [1.82, 2.24) is 4.98 Å². The maximum atomic E-state index is 12.8. The smallest absolute Gasteiger partial charge is 0.231 e. The molecule has 0 saturated carbocycles. The van der Waals surface area contributed by atoms with Gasteiger partial charge in [-0.25, -0.2) is 0 Å². The summed E-state index contributed by atoms with van der Waals surface area (Å²) in [6.45, 7) is 6.98. The molecule has 0 amide bonds. The second kappa shape index (κ2) is 9.51. The number of nitrogens with one attached hydrogen (secondary N) is 1. The fraction of sp³-hybridized carbons (Fsp3) is 0.391. The Morgan fingerprint density at radius 2 is 1.89 bits per heavy atom. The number of carbonyl (C=O) groups excluding carboxylic acids is 1. The number of pyridine rings is 1. The normalized spacial score (nSPS) is 14.5. The molecule has 0 saturated heterocycles. The summed E-state index contributed by atoms with van der Waals surface area (Å²) in [6, 6.07) is 6.76. The molecule has 1 aliphatic rings. The number of hydrogen-bond acceptors (Lipinski definition) is 4. The average Bonchev–Trinajstić information content (AvgIpc) is 3.02. The van der Waals surface area contributed by atoms with Crippen LogP contribution in [0.3, 0.4) is 0 Å². The van der Waals surface area contributed by atoms with Crippen molar-refractivity contribution in [3.8, 4) is 11.5 Å². The highest BCUT2D eigenvalue weighted by atomic mass is 16.5. The zero-order valence-electron chi connectivity index (χ0n) is 16.7. The third-order valence-corrected chi connectivity index (χ3v) is 5.07. The molecule has 5 heteroatoms. The second-order valence-electron chi connectivity index (χ2n) is 7.28. The Bertz CT molecular complexity index is 838. The Kier molecular flexibility index (Phi) is 6.82. The van der Waals surface area contributed by atoms with Crippen molar-refractivity contribution >= 4 is 11.9 Å². The summed E-state index contributed by atoms with van der Waals surface area (Å²) in [7, 11) is 0. The van der Waals surface area contributed by atoms with E-state index in [2.05, 4.69) is 18.8 Å². The number of ketones is 1. The van der Waals surface area contributed by atoms with Crippen LogP contribution in [0.5, 0.6) is 11.5 Å². The van der Waals surface area contributed by atoms with Gasteiger partial charge in [0, 0.05) is 18.0 Å². The second-order valence-corrected chi connectivity index (χ2v) is 7.28. The third kappa shape index (κ3) is 4.60. The number of quaternary nitrogens is 1. The lowest BCUT2D eigenvalue weighted by Crippen LogP contribution is -3.10. The van der Waals surface area contributed by atoms with Gasteiger partial charge in [0.05, 0.1) is 18.7 Å². The quantitative estimate of drug-likeness (QED) is 0.680. The number of ether oxygens (including phenoxy) is 1. The molecule has 2 heterocycles. The molecule has 1 aliphatic heterocycles. The lowest BCUT2D eigenvalue weighted by molar-refractivity contribution is -0.914. The summed E-state index contributed by atoms with van der Waals surface area (Å²) in [5.74, 6) is 0.458. The number of hydrogen-bond donors (Lipinski definition) is 1. The number of unbranched alkanes of at least 4 members (excludes halogenated alkanes) is 2. The number of allylic oxidation sites excluding steroid dienone is 1. The first-order chi connectivity index (χ1) is 13.6. The molecule has 28 heavy (non-hydrogen) atoms. The van der Waals surface area contributed by atoms with Crippen molar-refractivity contribution < 1.29 is 19.5 Å². The first-order valence-corrected chi connectivity index (χ1v) is 10.1. The number of benzene rings is 1. The molecule has 0 radical (unpaired) electrons. The van der Waals surface area contributed by atoms with Crippen molar-refractivity contribution in [2.45, 2.75) is 46.1 Å². The van der Waals surface area contributed by atoms with Crippen LogP contribution in [0.15, 0.2) is 42.4 Å². The molecule has 0 aliphatic carbocycles. The zero-order valence-corrected chi connectivity index (χ0v) is 16.7. The van der Waals surface area contributed by atoms with Crippen molar-refractivity contribution in [1.29, 1.82) is 0 Å². The van der Waals surface area contributed by atoms with E-state index in [1.165, 1.54) is 11.0 Å². The molecule has 1 aromatic carbocycles. The van der Waals surface area contributed by atoms with Gasteiger partial charge in [-0.3, -0.25) is 9.78 Å². The number of carbonyl (C=O) groups is 1. The van der Waals surface area contributed by atoms with Gasteiger partial charge in [0.1, 0.15) is 12.3 Å². The Morgan fingerprint density at radius 3 is 2.54 bits per heavy atom. The minimum atomic E-state index is -0.177. The minimum absolute atomic E-state index is 0.0559. The summed E-state index contributed by atoms with van der Waals surface area (Å²) in [5, 5.41) is 12.6. The van der Waals surface area contributed by atoms with E-state index in [0.717, 1.165) is 44.3 Å². The Morgan fingerprint density at radius 1 is 1.14 bits per heavy atom. The number of nitrogens with zero attached hydrogens (tertiary/aromatic N) is 1. The molecule has 2 aromatic rings. The van der Waals surface area contributed by atoms with Gasteiger partial charge in [0.15, 0.2) is 5.76 Å². The standard InChI is InChI=1S/C23H28N2O3/c1-3-5-12-25(13-6-4-2)16-19-20(26)10-9-18-22(27)21(28-23(18)19)14-17-8-7-11-24-15-17/h7-11,14-15,26H,3-6,12-13,16H2,1-2H3. The molecule has 0 atom stereocenters. The summed E-state index contributed by atoms with van der Waals surface area (Å²) in [4.78, 5) is 18.2. The van der Waals surface area contributed by atoms with Crippen LogP contribution in [0.25, 0.3) is 6.08 Å². The van der Waals surface area contributed by atoms with Gasteiger partial charge in [-0.1, -0.05) is 44.6 Å². The third-order valence-electron chi connectivity index (χ3n) is 5.07. The van der Waals surface area contributed by atoms with Crippen molar-refractivity contribution in [3.63, 3.8) is 0 Å². The maximum Gasteiger partial charge on any atom is 0.231 e. The summed E-state index contributed by atoms with van der Waals surface area (Å²) < 4.78 is 5.92. The highest BCUT2D eigenvalue weighted by molar-refractivity contribution is 6.14. The number of fused-ring (bicyclic) bond motifs is 1. The van der Waals surface area contributed by atoms with E-state index in [0.29, 0.717) is 23.4 Å². The van der Waals surface area contributed by atoms with Crippen LogP contribution in [0.1, 0.15) is 61.0 Å². The first-order valence-electron chi connectivity index (χ1n) is 10.1. The van der Waals surface area contributed by atoms with E-state index in [9.17, 15) is 9.90 Å². The molecule has 5 nitrogen and oxygen atoms in total. The van der Waals surface area contributed by atoms with Crippen molar-refractivity contribution in [2.75, 3.05) is 13.1 Å². The van der Waals surface area contributed by atoms with Gasteiger partial charge in [0.2, 0.25) is 5.78 Å². The van der Waals surface area contributed by atoms with Crippen LogP contribution in [0.4, 0.5) is 0 Å². The molecule has 3 rings (SSSR count). The van der Waals surface area contributed by atoms with Crippen LogP contribution in [-0.2, 0) is 6.54 Å². The van der Waals surface area contributed by atoms with Gasteiger partial charge in [-0.2, -0.15) is 0 Å². The van der Waals surface area contributed by atoms with E-state index in [1.54, 1.807) is 24.5 Å². The number of Topliss-reactive ketones (excluding diaryl/α,β-unsaturated/α-hetero) is 1. The predicted octanol–water partition coefficient (Wildman–Crippen LogP) is 2.76. The van der Waals surface area contributed by atoms with Gasteiger partial charge in [0.25, 0.3) is 0 Å². The SMILES string of the molecule is CCCC[NH+](CCCC)Cc1c([O-])ccc2c1OC(=Cc1cccnc1)C2=O. The summed E-state index contributed by atoms with van der Waals surface area (Å²) in [6.07, 6.45) is 9.53. The van der Waals surface area contributed by atoms with Gasteiger partial charge in [-0.15, -0.1) is 0 Å². The molecule has 1 aromatic heterocycles. The van der Waals surface area contributed by atoms with E-state index >= 15 is 0 Å². The van der Waals surface area contributed by atoms with Crippen LogP contribution in [-0.4, -0.2) is 23.9 Å². The lowest BCUT2D eigenvalue weighted by Gasteiger charge is -2.23. The van der Waals surface area contributed by atoms with Gasteiger partial charge >= 0.3 is 0 Å². The van der Waals surface area contributed by atoms with Crippen LogP contribution in [0.2, 0.25) is 0 Å². The van der Waals surface area contributed by atoms with Crippen LogP contribution >= 0.6 is 0 Å². The molecular formula is C23H28N2O3. The highest BCUT2D eigenvalue weighted by Crippen LogP contribution is 2.38. The predicted molar refractivity (Wildman–Crippen MR) is 107 cm³/mol. The summed E-state index contributed by atoms with van der Waals surface area (Å²) in [5.41, 5.74) is 1.89. The number of rotatable bonds is 9. The molecular weight excluding hydrogens is 352 g/mol. The average molecular weight is 380 g/mol. The van der Waals surface area contributed by atoms with Gasteiger partial charge in [-0.05, 0) is 36.6 Å². The molecule has 0 unspecified atom stereocenters. The monoisotopic (exact) mass is 380 g/mol. The number of aromatic nitrogens is 1. The lowest BCUT2D eigenvalue weighted by atomic mass is 10.0. The van der Waals surface area contributed by atoms with Crippen molar-refractivity contribution in [2.24, 2.45) is 0 Å². The maximum absolute atomic E-state index is 12.8. The molecule has 1 N–H and O–H groups in total. The zero-order chi connectivity index (χ0) is 19.9. The Balaban J connectivity index is 1.88. The Hall–Kier alpha value is -2.66. The van der Waals surface area contributed by atoms with E-state index in [-0.39, 0.29) is 17.3 Å².